The molecule has 1 heterocycles. The third-order valence-electron chi connectivity index (χ3n) is 1.24. The van der Waals surface area contributed by atoms with Crippen molar-refractivity contribution in [2.45, 2.75) is 6.92 Å². The van der Waals surface area contributed by atoms with E-state index in [-0.39, 0.29) is 11.6 Å². The zero-order valence-corrected chi connectivity index (χ0v) is 7.52. The molecule has 0 spiro atoms. The van der Waals surface area contributed by atoms with Crippen LogP contribution in [0.15, 0.2) is 6.20 Å². The zero-order valence-electron chi connectivity index (χ0n) is 5.36. The Hall–Kier alpha value is -0.390. The number of anilines is 1. The molecule has 54 valence electrons. The van der Waals surface area contributed by atoms with Crippen LogP contribution in [0.4, 0.5) is 10.2 Å². The van der Waals surface area contributed by atoms with Crippen molar-refractivity contribution in [3.05, 3.63) is 21.1 Å². The van der Waals surface area contributed by atoms with E-state index in [1.807, 2.05) is 22.6 Å². The van der Waals surface area contributed by atoms with Gasteiger partial charge in [-0.25, -0.2) is 9.37 Å². The summed E-state index contributed by atoms with van der Waals surface area (Å²) < 4.78 is 13.4. The van der Waals surface area contributed by atoms with Crippen molar-refractivity contribution in [3.63, 3.8) is 0 Å². The average molecular weight is 252 g/mol. The molecule has 1 aromatic rings. The van der Waals surface area contributed by atoms with E-state index < -0.39 is 0 Å². The summed E-state index contributed by atoms with van der Waals surface area (Å²) >= 11 is 1.87. The summed E-state index contributed by atoms with van der Waals surface area (Å²) in [6, 6.07) is 0. The van der Waals surface area contributed by atoms with Gasteiger partial charge in [-0.2, -0.15) is 0 Å². The molecule has 0 bridgehead atoms. The maximum Gasteiger partial charge on any atom is 0.144 e. The van der Waals surface area contributed by atoms with Gasteiger partial charge in [0.15, 0.2) is 0 Å². The molecule has 0 aromatic carbocycles. The molecule has 0 aliphatic rings. The fourth-order valence-electron chi connectivity index (χ4n) is 0.571. The number of pyridine rings is 1. The Labute approximate surface area is 71.8 Å². The number of nitrogen functional groups attached to an aromatic ring is 1. The Bertz CT molecular complexity index is 235. The van der Waals surface area contributed by atoms with Gasteiger partial charge in [0.1, 0.15) is 11.6 Å². The van der Waals surface area contributed by atoms with E-state index in [9.17, 15) is 4.39 Å². The van der Waals surface area contributed by atoms with Crippen molar-refractivity contribution >= 4 is 28.4 Å². The highest BCUT2D eigenvalue weighted by Gasteiger charge is 2.05. The molecule has 0 aliphatic heterocycles. The van der Waals surface area contributed by atoms with Gasteiger partial charge in [-0.05, 0) is 29.5 Å². The largest absolute Gasteiger partial charge is 0.383 e. The van der Waals surface area contributed by atoms with Crippen LogP contribution in [0.5, 0.6) is 0 Å². The summed E-state index contributed by atoms with van der Waals surface area (Å²) in [6.45, 7) is 1.61. The molecule has 0 saturated carbocycles. The molecule has 0 unspecified atom stereocenters. The molecule has 2 nitrogen and oxygen atoms in total. The van der Waals surface area contributed by atoms with Gasteiger partial charge in [0.2, 0.25) is 0 Å². The van der Waals surface area contributed by atoms with Crippen molar-refractivity contribution in [2.75, 3.05) is 5.73 Å². The highest BCUT2D eigenvalue weighted by atomic mass is 127. The lowest BCUT2D eigenvalue weighted by Crippen LogP contribution is -1.98. The summed E-state index contributed by atoms with van der Waals surface area (Å²) in [5.41, 5.74) is 5.76. The van der Waals surface area contributed by atoms with Crippen molar-refractivity contribution in [3.8, 4) is 0 Å². The van der Waals surface area contributed by atoms with Gasteiger partial charge in [0.25, 0.3) is 0 Å². The first-order chi connectivity index (χ1) is 4.63. The highest BCUT2D eigenvalue weighted by Crippen LogP contribution is 2.16. The van der Waals surface area contributed by atoms with Crippen LogP contribution in [-0.4, -0.2) is 4.98 Å². The quantitative estimate of drug-likeness (QED) is 0.714. The predicted molar refractivity (Wildman–Crippen MR) is 46.1 cm³/mol. The molecular weight excluding hydrogens is 246 g/mol. The summed E-state index contributed by atoms with van der Waals surface area (Å²) in [6.07, 6.45) is 1.41. The Morgan fingerprint density at radius 3 is 2.80 bits per heavy atom. The van der Waals surface area contributed by atoms with E-state index in [1.165, 1.54) is 6.20 Å². The van der Waals surface area contributed by atoms with Crippen LogP contribution in [0.2, 0.25) is 0 Å². The first kappa shape index (κ1) is 7.71. The van der Waals surface area contributed by atoms with Crippen molar-refractivity contribution in [1.82, 2.24) is 4.98 Å². The number of hydrogen-bond acceptors (Lipinski definition) is 2. The minimum absolute atomic E-state index is 0.262. The lowest BCUT2D eigenvalue weighted by atomic mass is 10.3. The Morgan fingerprint density at radius 1 is 1.70 bits per heavy atom. The summed E-state index contributed by atoms with van der Waals surface area (Å²) in [7, 11) is 0. The van der Waals surface area contributed by atoms with Gasteiger partial charge in [-0.3, -0.25) is 0 Å². The molecule has 0 saturated heterocycles. The summed E-state index contributed by atoms with van der Waals surface area (Å²) in [4.78, 5) is 3.77. The minimum Gasteiger partial charge on any atom is -0.383 e. The van der Waals surface area contributed by atoms with Crippen LogP contribution in [0.25, 0.3) is 0 Å². The van der Waals surface area contributed by atoms with Crippen LogP contribution in [-0.2, 0) is 0 Å². The van der Waals surface area contributed by atoms with Crippen LogP contribution in [0.1, 0.15) is 5.56 Å². The fourth-order valence-corrected chi connectivity index (χ4v) is 1.12. The van der Waals surface area contributed by atoms with Gasteiger partial charge in [-0.1, -0.05) is 0 Å². The van der Waals surface area contributed by atoms with Gasteiger partial charge in [-0.15, -0.1) is 0 Å². The van der Waals surface area contributed by atoms with Gasteiger partial charge < -0.3 is 5.73 Å². The van der Waals surface area contributed by atoms with E-state index in [0.717, 1.165) is 0 Å². The second-order valence-corrected chi connectivity index (χ2v) is 3.09. The lowest BCUT2D eigenvalue weighted by Gasteiger charge is -2.00. The van der Waals surface area contributed by atoms with Gasteiger partial charge in [0, 0.05) is 11.8 Å². The highest BCUT2D eigenvalue weighted by molar-refractivity contribution is 14.1. The van der Waals surface area contributed by atoms with Gasteiger partial charge >= 0.3 is 0 Å². The molecular formula is C6H6FIN2. The SMILES string of the molecule is Cc1c(N)ncc(I)c1F. The standard InChI is InChI=1S/C6H6FIN2/c1-3-5(7)4(8)2-10-6(3)9/h2H,1H3,(H2,9,10). The molecule has 4 heteroatoms. The topological polar surface area (TPSA) is 38.9 Å². The molecule has 0 atom stereocenters. The van der Waals surface area contributed by atoms with E-state index in [0.29, 0.717) is 9.13 Å². The van der Waals surface area contributed by atoms with Crippen LogP contribution >= 0.6 is 22.6 Å². The minimum atomic E-state index is -0.270. The summed E-state index contributed by atoms with van der Waals surface area (Å²) in [5, 5.41) is 0. The number of nitrogens with two attached hydrogens (primary N) is 1. The molecule has 0 radical (unpaired) electrons. The molecule has 1 rings (SSSR count). The Morgan fingerprint density at radius 2 is 2.30 bits per heavy atom. The monoisotopic (exact) mass is 252 g/mol. The fraction of sp³-hybridized carbons (Fsp3) is 0.167. The normalized spacial score (nSPS) is 9.90. The van der Waals surface area contributed by atoms with Gasteiger partial charge in [0.05, 0.1) is 3.57 Å². The summed E-state index contributed by atoms with van der Waals surface area (Å²) in [5.74, 6) is -0.00832. The van der Waals surface area contributed by atoms with E-state index in [1.54, 1.807) is 6.92 Å². The second-order valence-electron chi connectivity index (χ2n) is 1.93. The van der Waals surface area contributed by atoms with E-state index in [2.05, 4.69) is 4.98 Å². The van der Waals surface area contributed by atoms with E-state index >= 15 is 0 Å². The Balaban J connectivity index is 3.34. The Kier molecular flexibility index (Phi) is 2.08. The molecule has 0 amide bonds. The average Bonchev–Trinajstić information content (AvgIpc) is 1.93. The smallest absolute Gasteiger partial charge is 0.144 e. The lowest BCUT2D eigenvalue weighted by molar-refractivity contribution is 0.609. The third kappa shape index (κ3) is 1.21. The van der Waals surface area contributed by atoms with Crippen LogP contribution in [0, 0.1) is 16.3 Å². The number of rotatable bonds is 0. The number of nitrogens with zero attached hydrogens (tertiary/aromatic N) is 1. The first-order valence-electron chi connectivity index (χ1n) is 2.69. The first-order valence-corrected chi connectivity index (χ1v) is 3.77. The number of hydrogen-bond donors (Lipinski definition) is 1. The number of aromatic nitrogens is 1. The molecule has 2 N–H and O–H groups in total. The number of halogens is 2. The maximum atomic E-state index is 12.9. The van der Waals surface area contributed by atoms with E-state index in [4.69, 9.17) is 5.73 Å². The molecule has 10 heavy (non-hydrogen) atoms. The third-order valence-corrected chi connectivity index (χ3v) is 1.99. The van der Waals surface area contributed by atoms with Crippen molar-refractivity contribution in [1.29, 1.82) is 0 Å². The molecule has 0 fully saturated rings. The molecule has 1 aromatic heterocycles. The zero-order chi connectivity index (χ0) is 7.72. The maximum absolute atomic E-state index is 12.9. The van der Waals surface area contributed by atoms with Crippen molar-refractivity contribution in [2.24, 2.45) is 0 Å². The molecule has 0 aliphatic carbocycles. The van der Waals surface area contributed by atoms with Crippen LogP contribution < -0.4 is 5.73 Å². The predicted octanol–water partition coefficient (Wildman–Crippen LogP) is 1.72. The second kappa shape index (κ2) is 2.69. The van der Waals surface area contributed by atoms with Crippen molar-refractivity contribution < 1.29 is 4.39 Å². The van der Waals surface area contributed by atoms with Crippen LogP contribution in [0.3, 0.4) is 0 Å².